The summed E-state index contributed by atoms with van der Waals surface area (Å²) in [5.74, 6) is 0. The molecular formula is H6O12S3Sm2. The second kappa shape index (κ2) is 13.3. The first kappa shape index (κ1) is 31.6. The Labute approximate surface area is 161 Å². The van der Waals surface area contributed by atoms with Crippen molar-refractivity contribution >= 4 is 31.2 Å². The quantitative estimate of drug-likeness (QED) is 0.168. The molecule has 0 aromatic heterocycles. The monoisotopic (exact) mass is 598 g/mol. The van der Waals surface area contributed by atoms with Crippen molar-refractivity contribution in [3.8, 4) is 0 Å². The van der Waals surface area contributed by atoms with Crippen molar-refractivity contribution in [2.24, 2.45) is 0 Å². The first-order valence-electron chi connectivity index (χ1n) is 2.10. The van der Waals surface area contributed by atoms with E-state index in [-0.39, 0.29) is 80.8 Å². The van der Waals surface area contributed by atoms with Crippen molar-refractivity contribution in [1.82, 2.24) is 0 Å². The summed E-state index contributed by atoms with van der Waals surface area (Å²) in [4.78, 5) is 0. The minimum Gasteiger partial charge on any atom is -0.264 e. The third kappa shape index (κ3) is 929. The van der Waals surface area contributed by atoms with Crippen molar-refractivity contribution in [2.45, 2.75) is 0 Å². The van der Waals surface area contributed by atoms with Crippen LogP contribution in [0.25, 0.3) is 0 Å². The average molecular weight is 595 g/mol. The molecule has 0 saturated carbocycles. The molecule has 0 fully saturated rings. The molecule has 6 N–H and O–H groups in total. The maximum Gasteiger partial charge on any atom is 0.394 e. The van der Waals surface area contributed by atoms with Crippen LogP contribution >= 0.6 is 0 Å². The summed E-state index contributed by atoms with van der Waals surface area (Å²) in [5, 5.41) is 0. The third-order valence-corrected chi connectivity index (χ3v) is 0. The Morgan fingerprint density at radius 3 is 0.412 bits per heavy atom. The van der Waals surface area contributed by atoms with Gasteiger partial charge in [0.1, 0.15) is 0 Å². The second-order valence-corrected chi connectivity index (χ2v) is 4.03. The number of hydrogen-bond acceptors (Lipinski definition) is 6. The molecule has 0 spiro atoms. The molecule has 0 aliphatic carbocycles. The molecule has 0 heterocycles. The third-order valence-electron chi connectivity index (χ3n) is 0. The molecule has 0 amide bonds. The van der Waals surface area contributed by atoms with Crippen LogP contribution in [0.1, 0.15) is 0 Å². The molecule has 0 unspecified atom stereocenters. The SMILES string of the molecule is O=S(=O)(O)O.O=S(=O)(O)O.O=S(=O)(O)O.[Sm].[Sm]. The van der Waals surface area contributed by atoms with Gasteiger partial charge in [0.05, 0.1) is 0 Å². The zero-order chi connectivity index (χ0) is 13.5. The van der Waals surface area contributed by atoms with Crippen molar-refractivity contribution < 1.29 is 133 Å². The van der Waals surface area contributed by atoms with E-state index in [2.05, 4.69) is 0 Å². The number of hydrogen-bond donors (Lipinski definition) is 6. The van der Waals surface area contributed by atoms with Crippen LogP contribution in [-0.2, 0) is 31.2 Å². The zero-order valence-electron chi connectivity index (χ0n) is 7.17. The summed E-state index contributed by atoms with van der Waals surface area (Å²) in [5.41, 5.74) is 0. The van der Waals surface area contributed by atoms with E-state index in [0.29, 0.717) is 0 Å². The van der Waals surface area contributed by atoms with Crippen molar-refractivity contribution in [2.75, 3.05) is 0 Å². The fourth-order valence-corrected chi connectivity index (χ4v) is 0. The fourth-order valence-electron chi connectivity index (χ4n) is 0. The van der Waals surface area contributed by atoms with Crippen LogP contribution < -0.4 is 0 Å². The molecule has 17 heteroatoms. The molecule has 0 bridgehead atoms. The Kier molecular flexibility index (Phi) is 24.7. The Morgan fingerprint density at radius 2 is 0.412 bits per heavy atom. The summed E-state index contributed by atoms with van der Waals surface area (Å²) in [7, 11) is -14.0. The molecule has 0 atom stereocenters. The van der Waals surface area contributed by atoms with Gasteiger partial charge in [0, 0.05) is 80.8 Å². The Balaban J connectivity index is -0.0000000400. The van der Waals surface area contributed by atoms with Gasteiger partial charge in [0.25, 0.3) is 0 Å². The van der Waals surface area contributed by atoms with Gasteiger partial charge >= 0.3 is 31.2 Å². The Morgan fingerprint density at radius 1 is 0.412 bits per heavy atom. The van der Waals surface area contributed by atoms with Gasteiger partial charge in [-0.2, -0.15) is 25.3 Å². The minimum absolute atomic E-state index is 0. The maximum absolute atomic E-state index is 8.74. The van der Waals surface area contributed by atoms with Gasteiger partial charge in [-0.05, 0) is 0 Å². The Hall–Kier alpha value is 2.29. The molecule has 0 aliphatic rings. The summed E-state index contributed by atoms with van der Waals surface area (Å²) in [6.45, 7) is 0. The fraction of sp³-hybridized carbons (Fsp3) is 0. The largest absolute Gasteiger partial charge is 0.394 e. The molecule has 0 aliphatic heterocycles. The predicted octanol–water partition coefficient (Wildman–Crippen LogP) is -1.96. The molecule has 12 nitrogen and oxygen atoms in total. The molecule has 17 heavy (non-hydrogen) atoms. The smallest absolute Gasteiger partial charge is 0.264 e. The van der Waals surface area contributed by atoms with Crippen molar-refractivity contribution in [1.29, 1.82) is 0 Å². The van der Waals surface area contributed by atoms with E-state index in [1.807, 2.05) is 0 Å². The minimum atomic E-state index is -4.67. The van der Waals surface area contributed by atoms with Crippen LogP contribution in [-0.4, -0.2) is 52.6 Å². The molecular weight excluding hydrogens is 589 g/mol. The van der Waals surface area contributed by atoms with Gasteiger partial charge in [-0.25, -0.2) is 0 Å². The van der Waals surface area contributed by atoms with Crippen LogP contribution in [0.2, 0.25) is 0 Å². The van der Waals surface area contributed by atoms with Crippen LogP contribution in [0.4, 0.5) is 0 Å². The molecule has 108 valence electrons. The zero-order valence-corrected chi connectivity index (χ0v) is 14.9. The number of rotatable bonds is 0. The molecule has 0 aromatic carbocycles. The molecule has 0 aromatic rings. The molecule has 0 saturated heterocycles. The van der Waals surface area contributed by atoms with Gasteiger partial charge < -0.3 is 0 Å². The van der Waals surface area contributed by atoms with Gasteiger partial charge in [-0.3, -0.25) is 27.3 Å². The predicted molar refractivity (Wildman–Crippen MR) is 42.5 cm³/mol. The topological polar surface area (TPSA) is 224 Å². The van der Waals surface area contributed by atoms with Crippen LogP contribution in [0.15, 0.2) is 0 Å². The Bertz CT molecular complexity index is 341. The van der Waals surface area contributed by atoms with E-state index in [1.165, 1.54) is 0 Å². The van der Waals surface area contributed by atoms with E-state index >= 15 is 0 Å². The molecule has 0 radical (unpaired) electrons. The first-order valence-corrected chi connectivity index (χ1v) is 6.29. The first-order chi connectivity index (χ1) is 6.00. The average Bonchev–Trinajstić information content (AvgIpc) is 1.41. The van der Waals surface area contributed by atoms with Crippen molar-refractivity contribution in [3.05, 3.63) is 0 Å². The van der Waals surface area contributed by atoms with E-state index in [4.69, 9.17) is 52.6 Å². The normalized spacial score (nSPS) is 10.2. The summed E-state index contributed by atoms with van der Waals surface area (Å²) < 4.78 is 94.8. The summed E-state index contributed by atoms with van der Waals surface area (Å²) in [6.07, 6.45) is 0. The maximum atomic E-state index is 8.74. The van der Waals surface area contributed by atoms with E-state index < -0.39 is 31.2 Å². The van der Waals surface area contributed by atoms with E-state index in [9.17, 15) is 0 Å². The van der Waals surface area contributed by atoms with Crippen LogP contribution in [0.3, 0.4) is 0 Å². The van der Waals surface area contributed by atoms with E-state index in [1.54, 1.807) is 0 Å². The van der Waals surface area contributed by atoms with Crippen molar-refractivity contribution in [3.63, 3.8) is 0 Å². The van der Waals surface area contributed by atoms with Crippen LogP contribution in [0.5, 0.6) is 0 Å². The summed E-state index contributed by atoms with van der Waals surface area (Å²) >= 11 is 0. The van der Waals surface area contributed by atoms with Gasteiger partial charge in [-0.15, -0.1) is 0 Å². The van der Waals surface area contributed by atoms with Gasteiger partial charge in [0.15, 0.2) is 0 Å². The standard InChI is InChI=1S/3H2O4S.2Sm/c3*1-5(2,3)4;;/h3*(H2,1,2,3,4);;. The molecule has 0 rings (SSSR count). The second-order valence-electron chi connectivity index (χ2n) is 1.34. The van der Waals surface area contributed by atoms with Crippen LogP contribution in [0, 0.1) is 80.8 Å². The van der Waals surface area contributed by atoms with Gasteiger partial charge in [-0.1, -0.05) is 0 Å². The van der Waals surface area contributed by atoms with E-state index in [0.717, 1.165) is 0 Å². The van der Waals surface area contributed by atoms with Gasteiger partial charge in [0.2, 0.25) is 0 Å². The summed E-state index contributed by atoms with van der Waals surface area (Å²) in [6, 6.07) is 0.